The van der Waals surface area contributed by atoms with E-state index in [-0.39, 0.29) is 5.91 Å². The van der Waals surface area contributed by atoms with Gasteiger partial charge in [0.05, 0.1) is 11.5 Å². The van der Waals surface area contributed by atoms with Gasteiger partial charge >= 0.3 is 0 Å². The molecule has 0 aliphatic heterocycles. The molecule has 154 valence electrons. The Bertz CT molecular complexity index is 1190. The molecule has 0 aliphatic rings. The molecule has 7 nitrogen and oxygen atoms in total. The van der Waals surface area contributed by atoms with Gasteiger partial charge in [0.1, 0.15) is 17.3 Å². The number of aromatic nitrogens is 4. The third kappa shape index (κ3) is 4.27. The first-order chi connectivity index (χ1) is 14.6. The van der Waals surface area contributed by atoms with Gasteiger partial charge in [0.25, 0.3) is 0 Å². The number of carbonyl (C=O) groups excluding carboxylic acids is 1. The van der Waals surface area contributed by atoms with Gasteiger partial charge in [0.2, 0.25) is 5.91 Å². The van der Waals surface area contributed by atoms with Crippen LogP contribution in [0.1, 0.15) is 19.4 Å². The second-order valence-electron chi connectivity index (χ2n) is 6.70. The van der Waals surface area contributed by atoms with Crippen molar-refractivity contribution in [2.45, 2.75) is 19.4 Å². The molecule has 1 atom stereocenters. The first-order valence-electron chi connectivity index (χ1n) is 9.60. The second kappa shape index (κ2) is 9.19. The zero-order valence-corrected chi connectivity index (χ0v) is 18.0. The Morgan fingerprint density at radius 3 is 3.00 bits per heavy atom. The van der Waals surface area contributed by atoms with Gasteiger partial charge in [-0.1, -0.05) is 24.3 Å². The minimum Gasteiger partial charge on any atom is -0.491 e. The molecule has 30 heavy (non-hydrogen) atoms. The highest BCUT2D eigenvalue weighted by molar-refractivity contribution is 7.71. The van der Waals surface area contributed by atoms with E-state index in [9.17, 15) is 4.79 Å². The molecule has 3 heterocycles. The van der Waals surface area contributed by atoms with Crippen molar-refractivity contribution in [2.24, 2.45) is 0 Å². The molecule has 0 saturated heterocycles. The van der Waals surface area contributed by atoms with Crippen molar-refractivity contribution in [3.63, 3.8) is 0 Å². The molecule has 2 N–H and O–H groups in total. The van der Waals surface area contributed by atoms with Crippen LogP contribution in [-0.4, -0.2) is 38.8 Å². The van der Waals surface area contributed by atoms with Gasteiger partial charge in [-0.3, -0.25) is 19.4 Å². The van der Waals surface area contributed by atoms with Gasteiger partial charge in [-0.05, 0) is 49.1 Å². The molecule has 4 aromatic rings. The van der Waals surface area contributed by atoms with E-state index in [1.165, 1.54) is 0 Å². The average molecular weight is 440 g/mol. The molecular weight excluding hydrogens is 418 g/mol. The average Bonchev–Trinajstić information content (AvgIpc) is 3.42. The summed E-state index contributed by atoms with van der Waals surface area (Å²) in [5, 5.41) is 13.0. The molecule has 0 radical (unpaired) electrons. The molecule has 0 spiro atoms. The zero-order chi connectivity index (χ0) is 20.9. The number of hydrogen-bond donors (Lipinski definition) is 2. The van der Waals surface area contributed by atoms with Gasteiger partial charge < -0.3 is 10.1 Å². The van der Waals surface area contributed by atoms with E-state index in [0.717, 1.165) is 21.5 Å². The zero-order valence-electron chi connectivity index (χ0n) is 16.4. The maximum absolute atomic E-state index is 12.7. The van der Waals surface area contributed by atoms with Crippen LogP contribution in [0.2, 0.25) is 0 Å². The quantitative estimate of drug-likeness (QED) is 0.315. The summed E-state index contributed by atoms with van der Waals surface area (Å²) < 4.78 is 8.04. The number of aromatic amines is 1. The molecule has 0 saturated carbocycles. The lowest BCUT2D eigenvalue weighted by molar-refractivity contribution is -0.123. The molecule has 0 aliphatic carbocycles. The highest BCUT2D eigenvalue weighted by Crippen LogP contribution is 2.25. The number of nitrogens with one attached hydrogen (secondary N) is 2. The third-order valence-corrected chi connectivity index (χ3v) is 5.84. The number of H-pyrrole nitrogens is 1. The van der Waals surface area contributed by atoms with E-state index < -0.39 is 6.04 Å². The summed E-state index contributed by atoms with van der Waals surface area (Å²) in [7, 11) is 0. The first kappa shape index (κ1) is 20.2. The van der Waals surface area contributed by atoms with Crippen molar-refractivity contribution >= 4 is 40.4 Å². The number of hydrogen-bond acceptors (Lipinski definition) is 6. The van der Waals surface area contributed by atoms with Crippen molar-refractivity contribution in [1.82, 2.24) is 25.1 Å². The van der Waals surface area contributed by atoms with Crippen LogP contribution in [0.25, 0.3) is 21.6 Å². The number of fused-ring (bicyclic) bond motifs is 1. The van der Waals surface area contributed by atoms with Crippen molar-refractivity contribution in [3.05, 3.63) is 58.8 Å². The van der Waals surface area contributed by atoms with Crippen LogP contribution < -0.4 is 10.1 Å². The summed E-state index contributed by atoms with van der Waals surface area (Å²) in [5.74, 6) is 1.31. The number of ether oxygens (including phenoxy) is 1. The van der Waals surface area contributed by atoms with E-state index >= 15 is 0 Å². The van der Waals surface area contributed by atoms with Crippen LogP contribution >= 0.6 is 23.6 Å². The topological polar surface area (TPSA) is 84.8 Å². The Hall–Kier alpha value is -3.04. The standard InChI is InChI=1S/C21H21N5O2S2/c1-14(26-19(24-25-21(26)29)17-9-4-13-30-17)20(27)23-11-5-12-28-16-8-2-6-15-7-3-10-22-18(15)16/h2-4,6-10,13-14H,5,11-12H2,1H3,(H,23,27)(H,25,29). The largest absolute Gasteiger partial charge is 0.491 e. The number of para-hydroxylation sites is 1. The lowest BCUT2D eigenvalue weighted by Crippen LogP contribution is -2.32. The van der Waals surface area contributed by atoms with Crippen molar-refractivity contribution < 1.29 is 9.53 Å². The number of nitrogens with zero attached hydrogens (tertiary/aromatic N) is 3. The highest BCUT2D eigenvalue weighted by Gasteiger charge is 2.21. The Labute approximate surface area is 182 Å². The summed E-state index contributed by atoms with van der Waals surface area (Å²) >= 11 is 6.89. The molecule has 1 amide bonds. The molecule has 3 aromatic heterocycles. The number of amides is 1. The predicted octanol–water partition coefficient (Wildman–Crippen LogP) is 4.36. The van der Waals surface area contributed by atoms with Crippen LogP contribution in [-0.2, 0) is 4.79 Å². The van der Waals surface area contributed by atoms with Crippen molar-refractivity contribution in [3.8, 4) is 16.5 Å². The minimum atomic E-state index is -0.475. The Morgan fingerprint density at radius 2 is 2.17 bits per heavy atom. The smallest absolute Gasteiger partial charge is 0.242 e. The van der Waals surface area contributed by atoms with Gasteiger partial charge in [0, 0.05) is 18.1 Å². The minimum absolute atomic E-state index is 0.114. The summed E-state index contributed by atoms with van der Waals surface area (Å²) in [6, 6.07) is 13.2. The fourth-order valence-corrected chi connectivity index (χ4v) is 4.17. The predicted molar refractivity (Wildman–Crippen MR) is 120 cm³/mol. The Kier molecular flexibility index (Phi) is 6.20. The molecule has 0 bridgehead atoms. The highest BCUT2D eigenvalue weighted by atomic mass is 32.1. The van der Waals surface area contributed by atoms with Crippen molar-refractivity contribution in [2.75, 3.05) is 13.2 Å². The monoisotopic (exact) mass is 439 g/mol. The van der Waals surface area contributed by atoms with Crippen LogP contribution in [0, 0.1) is 4.77 Å². The molecule has 1 aromatic carbocycles. The van der Waals surface area contributed by atoms with Crippen LogP contribution in [0.3, 0.4) is 0 Å². The van der Waals surface area contributed by atoms with Gasteiger partial charge in [-0.2, -0.15) is 5.10 Å². The molecule has 4 rings (SSSR count). The summed E-state index contributed by atoms with van der Waals surface area (Å²) in [4.78, 5) is 18.0. The molecule has 9 heteroatoms. The Balaban J connectivity index is 1.31. The molecular formula is C21H21N5O2S2. The summed E-state index contributed by atoms with van der Waals surface area (Å²) in [5.41, 5.74) is 0.841. The number of rotatable bonds is 8. The van der Waals surface area contributed by atoms with E-state index in [4.69, 9.17) is 17.0 Å². The second-order valence-corrected chi connectivity index (χ2v) is 8.03. The normalized spacial score (nSPS) is 12.0. The fourth-order valence-electron chi connectivity index (χ4n) is 3.17. The summed E-state index contributed by atoms with van der Waals surface area (Å²) in [6.07, 6.45) is 2.43. The maximum Gasteiger partial charge on any atom is 0.242 e. The van der Waals surface area contributed by atoms with E-state index in [2.05, 4.69) is 20.5 Å². The molecule has 0 fully saturated rings. The first-order valence-corrected chi connectivity index (χ1v) is 10.9. The van der Waals surface area contributed by atoms with Crippen LogP contribution in [0.15, 0.2) is 54.0 Å². The number of thiophene rings is 1. The maximum atomic E-state index is 12.7. The van der Waals surface area contributed by atoms with Crippen LogP contribution in [0.5, 0.6) is 5.75 Å². The lowest BCUT2D eigenvalue weighted by atomic mass is 10.2. The van der Waals surface area contributed by atoms with Gasteiger partial charge in [-0.15, -0.1) is 11.3 Å². The molecule has 1 unspecified atom stereocenters. The van der Waals surface area contributed by atoms with E-state index in [0.29, 0.717) is 30.2 Å². The van der Waals surface area contributed by atoms with E-state index in [1.807, 2.05) is 54.8 Å². The van der Waals surface area contributed by atoms with Crippen molar-refractivity contribution in [1.29, 1.82) is 0 Å². The Morgan fingerprint density at radius 1 is 1.30 bits per heavy atom. The van der Waals surface area contributed by atoms with Crippen LogP contribution in [0.4, 0.5) is 0 Å². The number of benzene rings is 1. The lowest BCUT2D eigenvalue weighted by Gasteiger charge is -2.15. The van der Waals surface area contributed by atoms with E-state index in [1.54, 1.807) is 22.1 Å². The third-order valence-electron chi connectivity index (χ3n) is 4.69. The SMILES string of the molecule is CC(C(=O)NCCCOc1cccc2cccnc12)n1c(-c2cccs2)n[nH]c1=S. The summed E-state index contributed by atoms with van der Waals surface area (Å²) in [6.45, 7) is 2.80. The fraction of sp³-hybridized carbons (Fsp3) is 0.238. The number of carbonyl (C=O) groups is 1. The van der Waals surface area contributed by atoms with Gasteiger partial charge in [-0.25, -0.2) is 0 Å². The number of pyridine rings is 1. The van der Waals surface area contributed by atoms with Gasteiger partial charge in [0.15, 0.2) is 10.6 Å².